The fraction of sp³-hybridized carbons (Fsp3) is 0.696. The first-order valence-corrected chi connectivity index (χ1v) is 12.5. The van der Waals surface area contributed by atoms with E-state index in [4.69, 9.17) is 17.2 Å². The predicted octanol–water partition coefficient (Wildman–Crippen LogP) is -3.53. The van der Waals surface area contributed by atoms with Gasteiger partial charge in [-0.2, -0.15) is 0 Å². The largest absolute Gasteiger partial charge is 0.370 e. The van der Waals surface area contributed by atoms with Gasteiger partial charge in [0.2, 0.25) is 41.4 Å². The lowest BCUT2D eigenvalue weighted by molar-refractivity contribution is -0.143. The van der Waals surface area contributed by atoms with E-state index in [1.807, 2.05) is 0 Å². The molecule has 38 heavy (non-hydrogen) atoms. The minimum absolute atomic E-state index is 0.175. The van der Waals surface area contributed by atoms with Crippen LogP contribution in [0.1, 0.15) is 59.3 Å². The van der Waals surface area contributed by atoms with Gasteiger partial charge in [-0.15, -0.1) is 0 Å². The van der Waals surface area contributed by atoms with Gasteiger partial charge in [0.05, 0.1) is 6.42 Å². The third kappa shape index (κ3) is 10.3. The smallest absolute Gasteiger partial charge is 0.246 e. The van der Waals surface area contributed by atoms with Crippen molar-refractivity contribution in [3.8, 4) is 0 Å². The lowest BCUT2D eigenvalue weighted by Gasteiger charge is -2.29. The van der Waals surface area contributed by atoms with Crippen LogP contribution in [-0.4, -0.2) is 89.5 Å². The zero-order valence-electron chi connectivity index (χ0n) is 22.1. The molecule has 0 saturated carbocycles. The third-order valence-electron chi connectivity index (χ3n) is 6.03. The standard InChI is InChI=1S/C23H40N8O7/c1-12(27-14(3)32)20(35)30-16(11-18(25)33)23(38)31-10-6-8-17(31)22(37)28-13(2)21(36)29-15(19(26)34)7-4-5-9-24/h12-13,15-17H,4-11,24H2,1-3H3,(H2,25,33)(H2,26,34)(H,27,32)(H,28,37)(H,29,36)(H,30,35)/t12-,13-,15-,16-,17-/m0/s1. The summed E-state index contributed by atoms with van der Waals surface area (Å²) in [6.45, 7) is 4.66. The zero-order chi connectivity index (χ0) is 29.0. The second-order valence-electron chi connectivity index (χ2n) is 9.32. The van der Waals surface area contributed by atoms with Crippen molar-refractivity contribution in [3.05, 3.63) is 0 Å². The quantitative estimate of drug-likeness (QED) is 0.102. The van der Waals surface area contributed by atoms with Crippen molar-refractivity contribution in [2.45, 2.75) is 89.5 Å². The summed E-state index contributed by atoms with van der Waals surface area (Å²) in [4.78, 5) is 86.9. The van der Waals surface area contributed by atoms with Crippen molar-refractivity contribution in [1.29, 1.82) is 0 Å². The molecule has 0 aromatic carbocycles. The summed E-state index contributed by atoms with van der Waals surface area (Å²) in [5.41, 5.74) is 16.1. The van der Waals surface area contributed by atoms with Gasteiger partial charge in [0.15, 0.2) is 0 Å². The van der Waals surface area contributed by atoms with E-state index in [0.717, 1.165) is 0 Å². The number of nitrogens with two attached hydrogens (primary N) is 3. The monoisotopic (exact) mass is 540 g/mol. The van der Waals surface area contributed by atoms with Gasteiger partial charge in [-0.05, 0) is 52.5 Å². The summed E-state index contributed by atoms with van der Waals surface area (Å²) in [6.07, 6.45) is 1.78. The highest BCUT2D eigenvalue weighted by atomic mass is 16.2. The second-order valence-corrected chi connectivity index (χ2v) is 9.32. The number of nitrogens with zero attached hydrogens (tertiary/aromatic N) is 1. The van der Waals surface area contributed by atoms with E-state index in [-0.39, 0.29) is 13.0 Å². The minimum atomic E-state index is -1.35. The highest BCUT2D eigenvalue weighted by molar-refractivity contribution is 5.97. The van der Waals surface area contributed by atoms with Crippen molar-refractivity contribution in [3.63, 3.8) is 0 Å². The molecule has 1 heterocycles. The van der Waals surface area contributed by atoms with E-state index in [1.54, 1.807) is 0 Å². The summed E-state index contributed by atoms with van der Waals surface area (Å²) >= 11 is 0. The third-order valence-corrected chi connectivity index (χ3v) is 6.03. The van der Waals surface area contributed by atoms with E-state index in [9.17, 15) is 33.6 Å². The number of hydrogen-bond acceptors (Lipinski definition) is 8. The first-order valence-electron chi connectivity index (χ1n) is 12.5. The Morgan fingerprint density at radius 3 is 1.97 bits per heavy atom. The van der Waals surface area contributed by atoms with Gasteiger partial charge in [-0.25, -0.2) is 0 Å². The predicted molar refractivity (Wildman–Crippen MR) is 135 cm³/mol. The van der Waals surface area contributed by atoms with Crippen LogP contribution in [0, 0.1) is 0 Å². The first kappa shape index (κ1) is 32.3. The van der Waals surface area contributed by atoms with E-state index in [0.29, 0.717) is 32.2 Å². The molecule has 10 N–H and O–H groups in total. The van der Waals surface area contributed by atoms with Crippen molar-refractivity contribution in [2.75, 3.05) is 13.1 Å². The van der Waals surface area contributed by atoms with Crippen molar-refractivity contribution in [1.82, 2.24) is 26.2 Å². The molecule has 15 nitrogen and oxygen atoms in total. The SMILES string of the molecule is CC(=O)N[C@@H](C)C(=O)N[C@@H](CC(N)=O)C(=O)N1CCC[C@H]1C(=O)N[C@@H](C)C(=O)N[C@@H](CCCCN)C(N)=O. The molecule has 1 rings (SSSR count). The molecular formula is C23H40N8O7. The maximum Gasteiger partial charge on any atom is 0.246 e. The molecule has 0 bridgehead atoms. The summed E-state index contributed by atoms with van der Waals surface area (Å²) in [7, 11) is 0. The van der Waals surface area contributed by atoms with E-state index >= 15 is 0 Å². The van der Waals surface area contributed by atoms with Crippen LogP contribution in [0.4, 0.5) is 0 Å². The number of carbonyl (C=O) groups excluding carboxylic acids is 7. The maximum absolute atomic E-state index is 13.2. The van der Waals surface area contributed by atoms with E-state index < -0.39 is 78.0 Å². The normalized spacial score (nSPS) is 17.9. The molecule has 1 aliphatic rings. The van der Waals surface area contributed by atoms with Crippen LogP contribution >= 0.6 is 0 Å². The van der Waals surface area contributed by atoms with Crippen molar-refractivity contribution < 1.29 is 33.6 Å². The molecule has 0 aromatic heterocycles. The van der Waals surface area contributed by atoms with Gasteiger partial charge < -0.3 is 43.4 Å². The number of amides is 7. The highest BCUT2D eigenvalue weighted by Crippen LogP contribution is 2.19. The molecule has 5 atom stereocenters. The molecule has 1 aliphatic heterocycles. The van der Waals surface area contributed by atoms with Gasteiger partial charge in [0.25, 0.3) is 0 Å². The number of unbranched alkanes of at least 4 members (excludes halogenated alkanes) is 1. The summed E-state index contributed by atoms with van der Waals surface area (Å²) in [5, 5.41) is 9.83. The van der Waals surface area contributed by atoms with Gasteiger partial charge >= 0.3 is 0 Å². The molecular weight excluding hydrogens is 500 g/mol. The first-order chi connectivity index (χ1) is 17.8. The molecule has 7 amide bonds. The zero-order valence-corrected chi connectivity index (χ0v) is 22.1. The second kappa shape index (κ2) is 15.5. The summed E-state index contributed by atoms with van der Waals surface area (Å²) in [6, 6.07) is -5.26. The average molecular weight is 541 g/mol. The summed E-state index contributed by atoms with van der Waals surface area (Å²) < 4.78 is 0. The van der Waals surface area contributed by atoms with Gasteiger partial charge in [-0.3, -0.25) is 33.6 Å². The van der Waals surface area contributed by atoms with Crippen LogP contribution in [0.3, 0.4) is 0 Å². The number of hydrogen-bond donors (Lipinski definition) is 7. The van der Waals surface area contributed by atoms with Gasteiger partial charge in [-0.1, -0.05) is 0 Å². The Balaban J connectivity index is 2.87. The van der Waals surface area contributed by atoms with Crippen LogP contribution < -0.4 is 38.5 Å². The van der Waals surface area contributed by atoms with Crippen LogP contribution in [0.2, 0.25) is 0 Å². The van der Waals surface area contributed by atoms with E-state index in [2.05, 4.69) is 21.3 Å². The van der Waals surface area contributed by atoms with E-state index in [1.165, 1.54) is 25.7 Å². The highest BCUT2D eigenvalue weighted by Gasteiger charge is 2.39. The minimum Gasteiger partial charge on any atom is -0.370 e. The maximum atomic E-state index is 13.2. The van der Waals surface area contributed by atoms with Crippen molar-refractivity contribution in [2.24, 2.45) is 17.2 Å². The van der Waals surface area contributed by atoms with Gasteiger partial charge in [0, 0.05) is 13.5 Å². The fourth-order valence-corrected chi connectivity index (χ4v) is 4.02. The average Bonchev–Trinajstić information content (AvgIpc) is 3.31. The number of nitrogens with one attached hydrogen (secondary N) is 4. The molecule has 0 aliphatic carbocycles. The number of likely N-dealkylation sites (tertiary alicyclic amines) is 1. The lowest BCUT2D eigenvalue weighted by Crippen LogP contribution is -2.58. The Labute approximate surface area is 221 Å². The van der Waals surface area contributed by atoms with Crippen LogP contribution in [0.25, 0.3) is 0 Å². The Morgan fingerprint density at radius 1 is 0.868 bits per heavy atom. The van der Waals surface area contributed by atoms with Crippen molar-refractivity contribution >= 4 is 41.4 Å². The summed E-state index contributed by atoms with van der Waals surface area (Å²) in [5.74, 6) is -4.67. The number of carbonyl (C=O) groups is 7. The molecule has 214 valence electrons. The fourth-order valence-electron chi connectivity index (χ4n) is 4.02. The van der Waals surface area contributed by atoms with Crippen LogP contribution in [0.5, 0.6) is 0 Å². The molecule has 0 aromatic rings. The number of primary amides is 2. The molecule has 0 unspecified atom stereocenters. The molecule has 1 saturated heterocycles. The Hall–Kier alpha value is -3.75. The Morgan fingerprint density at radius 2 is 1.45 bits per heavy atom. The lowest BCUT2D eigenvalue weighted by atomic mass is 10.1. The molecule has 0 radical (unpaired) electrons. The molecule has 1 fully saturated rings. The Bertz CT molecular complexity index is 912. The Kier molecular flexibility index (Phi) is 13.2. The molecule has 15 heteroatoms. The number of rotatable bonds is 15. The van der Waals surface area contributed by atoms with Crippen LogP contribution in [-0.2, 0) is 33.6 Å². The van der Waals surface area contributed by atoms with Gasteiger partial charge in [0.1, 0.15) is 30.2 Å². The molecule has 0 spiro atoms. The van der Waals surface area contributed by atoms with Crippen LogP contribution in [0.15, 0.2) is 0 Å². The topological polar surface area (TPSA) is 249 Å².